The Balaban J connectivity index is 0.00000576. The van der Waals surface area contributed by atoms with Gasteiger partial charge in [-0.25, -0.2) is 8.42 Å². The van der Waals surface area contributed by atoms with Crippen LogP contribution < -0.4 is 10.6 Å². The Morgan fingerprint density at radius 3 is 2.28 bits per heavy atom. The number of sulfone groups is 1. The zero-order valence-electron chi connectivity index (χ0n) is 15.6. The Morgan fingerprint density at radius 1 is 1.20 bits per heavy atom. The predicted molar refractivity (Wildman–Crippen MR) is 120 cm³/mol. The number of halogens is 1. The molecule has 0 amide bonds. The highest BCUT2D eigenvalue weighted by Gasteiger charge is 2.15. The van der Waals surface area contributed by atoms with Gasteiger partial charge in [0.1, 0.15) is 0 Å². The van der Waals surface area contributed by atoms with Crippen molar-refractivity contribution in [3.8, 4) is 0 Å². The molecule has 0 spiro atoms. The molecule has 1 rings (SSSR count). The van der Waals surface area contributed by atoms with Gasteiger partial charge < -0.3 is 10.6 Å². The third kappa shape index (κ3) is 9.69. The van der Waals surface area contributed by atoms with Crippen molar-refractivity contribution in [3.05, 3.63) is 29.8 Å². The minimum Gasteiger partial charge on any atom is -0.357 e. The van der Waals surface area contributed by atoms with Gasteiger partial charge in [0.2, 0.25) is 0 Å². The van der Waals surface area contributed by atoms with E-state index in [1.807, 2.05) is 19.1 Å². The molecule has 0 saturated heterocycles. The maximum atomic E-state index is 11.5. The highest BCUT2D eigenvalue weighted by Crippen LogP contribution is 2.20. The summed E-state index contributed by atoms with van der Waals surface area (Å²) >= 11 is 1.80. The quantitative estimate of drug-likeness (QED) is 0.327. The zero-order valence-corrected chi connectivity index (χ0v) is 19.6. The van der Waals surface area contributed by atoms with Gasteiger partial charge >= 0.3 is 0 Å². The molecule has 144 valence electrons. The lowest BCUT2D eigenvalue weighted by molar-refractivity contribution is 0.602. The Bertz CT molecular complexity index is 644. The van der Waals surface area contributed by atoms with Crippen LogP contribution in [0.25, 0.3) is 0 Å². The zero-order chi connectivity index (χ0) is 18.2. The minimum absolute atomic E-state index is 0. The number of rotatable bonds is 8. The molecule has 8 heteroatoms. The number of hydrogen-bond acceptors (Lipinski definition) is 4. The van der Waals surface area contributed by atoms with Gasteiger partial charge in [-0.3, -0.25) is 4.99 Å². The summed E-state index contributed by atoms with van der Waals surface area (Å²) < 4.78 is 23.0. The van der Waals surface area contributed by atoms with Crippen molar-refractivity contribution in [3.63, 3.8) is 0 Å². The number of hydrogen-bond donors (Lipinski definition) is 2. The largest absolute Gasteiger partial charge is 0.357 e. The molecule has 0 unspecified atom stereocenters. The number of benzene rings is 1. The molecule has 0 atom stereocenters. The number of guanidine groups is 1. The van der Waals surface area contributed by atoms with E-state index < -0.39 is 9.84 Å². The second-order valence-electron chi connectivity index (χ2n) is 6.25. The summed E-state index contributed by atoms with van der Waals surface area (Å²) in [5, 5.41) is 6.57. The highest BCUT2D eigenvalue weighted by atomic mass is 127. The van der Waals surface area contributed by atoms with E-state index >= 15 is 0 Å². The van der Waals surface area contributed by atoms with E-state index in [0.717, 1.165) is 37.6 Å². The summed E-state index contributed by atoms with van der Waals surface area (Å²) in [6.07, 6.45) is 4.12. The molecular formula is C17H30IN3O2S2. The lowest BCUT2D eigenvalue weighted by Crippen LogP contribution is -2.39. The van der Waals surface area contributed by atoms with Crippen molar-refractivity contribution in [1.29, 1.82) is 0 Å². The number of aliphatic imine (C=N–C) groups is 1. The van der Waals surface area contributed by atoms with Crippen LogP contribution >= 0.6 is 35.7 Å². The molecule has 0 aliphatic rings. The number of nitrogens with zero attached hydrogens (tertiary/aromatic N) is 1. The van der Waals surface area contributed by atoms with Crippen LogP contribution in [-0.2, 0) is 16.3 Å². The molecular weight excluding hydrogens is 469 g/mol. The fourth-order valence-electron chi connectivity index (χ4n) is 1.90. The van der Waals surface area contributed by atoms with E-state index in [-0.39, 0.29) is 28.7 Å². The molecule has 0 fully saturated rings. The minimum atomic E-state index is -3.13. The lowest BCUT2D eigenvalue weighted by atomic mass is 10.1. The van der Waals surface area contributed by atoms with E-state index in [9.17, 15) is 8.42 Å². The Morgan fingerprint density at radius 2 is 1.80 bits per heavy atom. The molecule has 0 heterocycles. The summed E-state index contributed by atoms with van der Waals surface area (Å²) in [7, 11) is -3.13. The van der Waals surface area contributed by atoms with Crippen LogP contribution in [0.5, 0.6) is 0 Å². The van der Waals surface area contributed by atoms with Crippen LogP contribution in [0.3, 0.4) is 0 Å². The van der Waals surface area contributed by atoms with Gasteiger partial charge in [0.25, 0.3) is 0 Å². The van der Waals surface area contributed by atoms with E-state index in [1.54, 1.807) is 23.9 Å². The van der Waals surface area contributed by atoms with E-state index in [1.165, 1.54) is 6.26 Å². The topological polar surface area (TPSA) is 70.6 Å². The Kier molecular flexibility index (Phi) is 11.1. The molecule has 0 aromatic heterocycles. The monoisotopic (exact) mass is 499 g/mol. The van der Waals surface area contributed by atoms with Crippen LogP contribution in [0.1, 0.15) is 26.3 Å². The van der Waals surface area contributed by atoms with Crippen LogP contribution in [0.4, 0.5) is 0 Å². The summed E-state index contributed by atoms with van der Waals surface area (Å²) in [4.78, 5) is 4.98. The van der Waals surface area contributed by atoms with Crippen LogP contribution in [-0.4, -0.2) is 51.3 Å². The van der Waals surface area contributed by atoms with Gasteiger partial charge in [0.05, 0.1) is 11.4 Å². The maximum Gasteiger partial charge on any atom is 0.191 e. The Labute approximate surface area is 173 Å². The molecule has 1 aromatic carbocycles. The molecule has 0 bridgehead atoms. The first-order chi connectivity index (χ1) is 11.2. The molecule has 25 heavy (non-hydrogen) atoms. The predicted octanol–water partition coefficient (Wildman–Crippen LogP) is 2.95. The van der Waals surface area contributed by atoms with Crippen molar-refractivity contribution in [2.45, 2.75) is 36.8 Å². The normalized spacial score (nSPS) is 12.4. The molecule has 0 aliphatic carbocycles. The van der Waals surface area contributed by atoms with Gasteiger partial charge in [-0.15, -0.1) is 24.0 Å². The number of thioether (sulfide) groups is 1. The molecule has 2 N–H and O–H groups in total. The third-order valence-corrected chi connectivity index (χ3v) is 5.94. The standard InChI is InChI=1S/C17H29N3O2S2.HI/c1-6-18-16(20-13-17(2,3)23-4)19-12-11-14-7-9-15(10-8-14)24(5,21)22;/h7-10H,6,11-13H2,1-5H3,(H2,18,19,20);1H. The first kappa shape index (κ1) is 24.5. The smallest absolute Gasteiger partial charge is 0.191 e. The van der Waals surface area contributed by atoms with E-state index in [4.69, 9.17) is 0 Å². The fourth-order valence-corrected chi connectivity index (χ4v) is 2.73. The van der Waals surface area contributed by atoms with Crippen LogP contribution in [0.15, 0.2) is 34.2 Å². The van der Waals surface area contributed by atoms with Crippen molar-refractivity contribution in [1.82, 2.24) is 10.6 Å². The average Bonchev–Trinajstić information content (AvgIpc) is 2.52. The summed E-state index contributed by atoms with van der Waals surface area (Å²) in [5.41, 5.74) is 1.09. The SMILES string of the molecule is CCNC(=NCC(C)(C)SC)NCCc1ccc(S(C)(=O)=O)cc1.I. The van der Waals surface area contributed by atoms with E-state index in [0.29, 0.717) is 4.90 Å². The van der Waals surface area contributed by atoms with Gasteiger partial charge in [-0.1, -0.05) is 12.1 Å². The molecule has 0 aliphatic heterocycles. The van der Waals surface area contributed by atoms with Gasteiger partial charge in [-0.2, -0.15) is 11.8 Å². The van der Waals surface area contributed by atoms with Gasteiger partial charge in [0.15, 0.2) is 15.8 Å². The van der Waals surface area contributed by atoms with Gasteiger partial charge in [0, 0.05) is 24.1 Å². The third-order valence-electron chi connectivity index (χ3n) is 3.57. The first-order valence-corrected chi connectivity index (χ1v) is 11.2. The van der Waals surface area contributed by atoms with Crippen LogP contribution in [0.2, 0.25) is 0 Å². The molecule has 5 nitrogen and oxygen atoms in total. The first-order valence-electron chi connectivity index (χ1n) is 8.04. The fraction of sp³-hybridized carbons (Fsp3) is 0.588. The maximum absolute atomic E-state index is 11.5. The Hall–Kier alpha value is -0.480. The highest BCUT2D eigenvalue weighted by molar-refractivity contribution is 14.0. The van der Waals surface area contributed by atoms with Crippen molar-refractivity contribution in [2.24, 2.45) is 4.99 Å². The van der Waals surface area contributed by atoms with Gasteiger partial charge in [-0.05, 0) is 51.1 Å². The summed E-state index contributed by atoms with van der Waals surface area (Å²) in [6.45, 7) is 8.69. The van der Waals surface area contributed by atoms with Crippen LogP contribution in [0, 0.1) is 0 Å². The molecule has 0 saturated carbocycles. The van der Waals surface area contributed by atoms with Crippen molar-refractivity contribution in [2.75, 3.05) is 32.1 Å². The summed E-state index contributed by atoms with van der Waals surface area (Å²) in [6, 6.07) is 7.04. The summed E-state index contributed by atoms with van der Waals surface area (Å²) in [5.74, 6) is 0.812. The number of nitrogens with one attached hydrogen (secondary N) is 2. The van der Waals surface area contributed by atoms with Crippen molar-refractivity contribution >= 4 is 51.5 Å². The van der Waals surface area contributed by atoms with E-state index in [2.05, 4.69) is 35.7 Å². The second-order valence-corrected chi connectivity index (χ2v) is 9.78. The molecule has 1 aromatic rings. The lowest BCUT2D eigenvalue weighted by Gasteiger charge is -2.20. The average molecular weight is 499 g/mol. The second kappa shape index (κ2) is 11.3. The van der Waals surface area contributed by atoms with Crippen molar-refractivity contribution < 1.29 is 8.42 Å². The molecule has 0 radical (unpaired) electrons.